The van der Waals surface area contributed by atoms with E-state index in [1.165, 1.54) is 13.2 Å². The minimum atomic E-state index is -0.504. The number of methoxy groups -OCH3 is 1. The largest absolute Gasteiger partial charge is 0.489 e. The van der Waals surface area contributed by atoms with Crippen molar-refractivity contribution < 1.29 is 23.8 Å². The molecule has 3 rings (SSSR count). The minimum Gasteiger partial charge on any atom is -0.489 e. The summed E-state index contributed by atoms with van der Waals surface area (Å²) in [6.07, 6.45) is 3.27. The highest BCUT2D eigenvalue weighted by Crippen LogP contribution is 2.33. The van der Waals surface area contributed by atoms with Gasteiger partial charge in [-0.05, 0) is 30.3 Å². The molecule has 0 saturated heterocycles. The maximum absolute atomic E-state index is 12.6. The van der Waals surface area contributed by atoms with Crippen LogP contribution < -0.4 is 9.47 Å². The molecule has 2 aromatic rings. The summed E-state index contributed by atoms with van der Waals surface area (Å²) < 4.78 is 15.9. The molecule has 0 aromatic heterocycles. The molecule has 1 heterocycles. The van der Waals surface area contributed by atoms with Crippen LogP contribution in [0.3, 0.4) is 0 Å². The van der Waals surface area contributed by atoms with Gasteiger partial charge in [0.15, 0.2) is 5.76 Å². The fourth-order valence-corrected chi connectivity index (χ4v) is 2.45. The third-order valence-corrected chi connectivity index (χ3v) is 3.65. The Kier molecular flexibility index (Phi) is 4.66. The van der Waals surface area contributed by atoms with Crippen molar-refractivity contribution in [2.75, 3.05) is 13.7 Å². The van der Waals surface area contributed by atoms with E-state index in [-0.39, 0.29) is 11.5 Å². The van der Waals surface area contributed by atoms with Crippen molar-refractivity contribution in [3.63, 3.8) is 0 Å². The third kappa shape index (κ3) is 3.30. The summed E-state index contributed by atoms with van der Waals surface area (Å²) in [5.41, 5.74) is 1.35. The molecular weight excluding hydrogens is 320 g/mol. The zero-order valence-electron chi connectivity index (χ0n) is 13.7. The van der Waals surface area contributed by atoms with E-state index in [0.29, 0.717) is 34.8 Å². The van der Waals surface area contributed by atoms with Gasteiger partial charge in [0.05, 0.1) is 18.2 Å². The van der Waals surface area contributed by atoms with Crippen molar-refractivity contribution in [2.24, 2.45) is 0 Å². The van der Waals surface area contributed by atoms with Crippen LogP contribution in [0.5, 0.6) is 11.5 Å². The van der Waals surface area contributed by atoms with E-state index in [4.69, 9.17) is 9.47 Å². The van der Waals surface area contributed by atoms with Gasteiger partial charge >= 0.3 is 5.97 Å². The van der Waals surface area contributed by atoms with E-state index in [9.17, 15) is 9.59 Å². The SMILES string of the molecule is C=CCOc1ccccc1C=C1Oc2ccc(C(=O)OC)cc2C1=O. The molecule has 126 valence electrons. The number of carbonyl (C=O) groups excluding carboxylic acids is 2. The number of carbonyl (C=O) groups is 2. The zero-order chi connectivity index (χ0) is 17.8. The van der Waals surface area contributed by atoms with Gasteiger partial charge in [0.2, 0.25) is 5.78 Å². The van der Waals surface area contributed by atoms with Crippen molar-refractivity contribution in [1.82, 2.24) is 0 Å². The number of ketones is 1. The summed E-state index contributed by atoms with van der Waals surface area (Å²) in [5, 5.41) is 0. The van der Waals surface area contributed by atoms with E-state index in [1.807, 2.05) is 18.2 Å². The minimum absolute atomic E-state index is 0.173. The van der Waals surface area contributed by atoms with Gasteiger partial charge in [0, 0.05) is 5.56 Å². The van der Waals surface area contributed by atoms with Gasteiger partial charge < -0.3 is 14.2 Å². The summed E-state index contributed by atoms with van der Waals surface area (Å²) in [6, 6.07) is 11.9. The summed E-state index contributed by atoms with van der Waals surface area (Å²) in [5.74, 6) is 0.410. The normalized spacial score (nSPS) is 14.0. The molecule has 5 nitrogen and oxygen atoms in total. The van der Waals surface area contributed by atoms with Crippen molar-refractivity contribution in [3.8, 4) is 11.5 Å². The van der Waals surface area contributed by atoms with E-state index in [0.717, 1.165) is 0 Å². The second kappa shape index (κ2) is 7.05. The molecular formula is C20H16O5. The van der Waals surface area contributed by atoms with Gasteiger partial charge in [-0.1, -0.05) is 30.9 Å². The number of hydrogen-bond acceptors (Lipinski definition) is 5. The van der Waals surface area contributed by atoms with Crippen LogP contribution >= 0.6 is 0 Å². The van der Waals surface area contributed by atoms with Crippen molar-refractivity contribution in [1.29, 1.82) is 0 Å². The van der Waals surface area contributed by atoms with Gasteiger partial charge in [-0.25, -0.2) is 4.79 Å². The first-order valence-electron chi connectivity index (χ1n) is 7.63. The van der Waals surface area contributed by atoms with Crippen LogP contribution in [0.1, 0.15) is 26.3 Å². The maximum Gasteiger partial charge on any atom is 0.337 e. The highest BCUT2D eigenvalue weighted by atomic mass is 16.5. The molecule has 5 heteroatoms. The van der Waals surface area contributed by atoms with Crippen LogP contribution in [0.2, 0.25) is 0 Å². The Morgan fingerprint density at radius 1 is 1.24 bits per heavy atom. The Morgan fingerprint density at radius 2 is 2.04 bits per heavy atom. The van der Waals surface area contributed by atoms with Crippen molar-refractivity contribution >= 4 is 17.8 Å². The molecule has 0 atom stereocenters. The van der Waals surface area contributed by atoms with E-state index >= 15 is 0 Å². The fraction of sp³-hybridized carbons (Fsp3) is 0.100. The number of ether oxygens (including phenoxy) is 3. The van der Waals surface area contributed by atoms with Gasteiger partial charge in [-0.2, -0.15) is 0 Å². The Labute approximate surface area is 145 Å². The summed E-state index contributed by atoms with van der Waals surface area (Å²) in [4.78, 5) is 24.2. The Morgan fingerprint density at radius 3 is 2.80 bits per heavy atom. The smallest absolute Gasteiger partial charge is 0.337 e. The first-order valence-corrected chi connectivity index (χ1v) is 7.63. The van der Waals surface area contributed by atoms with E-state index in [2.05, 4.69) is 11.3 Å². The van der Waals surface area contributed by atoms with Crippen LogP contribution in [0, 0.1) is 0 Å². The van der Waals surface area contributed by atoms with Gasteiger partial charge in [-0.15, -0.1) is 0 Å². The van der Waals surface area contributed by atoms with Gasteiger partial charge in [-0.3, -0.25) is 4.79 Å². The lowest BCUT2D eigenvalue weighted by Gasteiger charge is -2.07. The molecule has 1 aliphatic rings. The first kappa shape index (κ1) is 16.5. The number of benzene rings is 2. The van der Waals surface area contributed by atoms with Crippen LogP contribution in [0.25, 0.3) is 6.08 Å². The number of fused-ring (bicyclic) bond motifs is 1. The molecule has 25 heavy (non-hydrogen) atoms. The average molecular weight is 336 g/mol. The molecule has 0 spiro atoms. The average Bonchev–Trinajstić information content (AvgIpc) is 2.95. The number of esters is 1. The quantitative estimate of drug-likeness (QED) is 0.474. The van der Waals surface area contributed by atoms with Crippen LogP contribution in [-0.2, 0) is 4.74 Å². The summed E-state index contributed by atoms with van der Waals surface area (Å²) in [7, 11) is 1.29. The second-order valence-electron chi connectivity index (χ2n) is 5.28. The lowest BCUT2D eigenvalue weighted by molar-refractivity contribution is 0.0600. The van der Waals surface area contributed by atoms with Crippen LogP contribution in [-0.4, -0.2) is 25.5 Å². The number of hydrogen-bond donors (Lipinski definition) is 0. The number of rotatable bonds is 5. The fourth-order valence-electron chi connectivity index (χ4n) is 2.45. The third-order valence-electron chi connectivity index (χ3n) is 3.65. The molecule has 0 aliphatic carbocycles. The van der Waals surface area contributed by atoms with Crippen molar-refractivity contribution in [2.45, 2.75) is 0 Å². The van der Waals surface area contributed by atoms with Crippen LogP contribution in [0.15, 0.2) is 60.9 Å². The number of para-hydroxylation sites is 1. The van der Waals surface area contributed by atoms with E-state index in [1.54, 1.807) is 30.4 Å². The second-order valence-corrected chi connectivity index (χ2v) is 5.28. The van der Waals surface area contributed by atoms with Crippen LogP contribution in [0.4, 0.5) is 0 Å². The van der Waals surface area contributed by atoms with Crippen molar-refractivity contribution in [3.05, 3.63) is 77.6 Å². The molecule has 0 bridgehead atoms. The predicted molar refractivity (Wildman–Crippen MR) is 92.9 cm³/mol. The Bertz CT molecular complexity index is 879. The Hall–Kier alpha value is -3.34. The molecule has 0 radical (unpaired) electrons. The standard InChI is InChI=1S/C20H16O5/c1-3-10-24-16-7-5-4-6-13(16)12-18-19(21)15-11-14(20(22)23-2)8-9-17(15)25-18/h3-9,11-12H,1,10H2,2H3. The predicted octanol–water partition coefficient (Wildman–Crippen LogP) is 3.65. The molecule has 0 saturated carbocycles. The zero-order valence-corrected chi connectivity index (χ0v) is 13.7. The molecule has 0 fully saturated rings. The first-order chi connectivity index (χ1) is 12.1. The topological polar surface area (TPSA) is 61.8 Å². The van der Waals surface area contributed by atoms with Gasteiger partial charge in [0.25, 0.3) is 0 Å². The lowest BCUT2D eigenvalue weighted by atomic mass is 10.1. The maximum atomic E-state index is 12.6. The van der Waals surface area contributed by atoms with Gasteiger partial charge in [0.1, 0.15) is 18.1 Å². The summed E-state index contributed by atoms with van der Waals surface area (Å²) >= 11 is 0. The molecule has 0 unspecified atom stereocenters. The highest BCUT2D eigenvalue weighted by Gasteiger charge is 2.28. The van der Waals surface area contributed by atoms with E-state index < -0.39 is 5.97 Å². The molecule has 0 amide bonds. The molecule has 1 aliphatic heterocycles. The number of Topliss-reactive ketones (excluding diaryl/α,β-unsaturated/α-hetero) is 1. The Balaban J connectivity index is 1.93. The monoisotopic (exact) mass is 336 g/mol. The molecule has 0 N–H and O–H groups in total. The molecule has 2 aromatic carbocycles. The summed E-state index contributed by atoms with van der Waals surface area (Å²) in [6.45, 7) is 3.98. The number of allylic oxidation sites excluding steroid dienone is 1. The highest BCUT2D eigenvalue weighted by molar-refractivity contribution is 6.15. The lowest BCUT2D eigenvalue weighted by Crippen LogP contribution is -2.03.